The van der Waals surface area contributed by atoms with Crippen LogP contribution in [0.25, 0.3) is 0 Å². The van der Waals surface area contributed by atoms with E-state index in [0.717, 1.165) is 12.8 Å². The number of aromatic amines is 1. The van der Waals surface area contributed by atoms with E-state index in [1.165, 1.54) is 6.20 Å². The molecule has 1 unspecified atom stereocenters. The molecule has 2 N–H and O–H groups in total. The van der Waals surface area contributed by atoms with Gasteiger partial charge in [0.2, 0.25) is 0 Å². The molecule has 0 saturated carbocycles. The van der Waals surface area contributed by atoms with Gasteiger partial charge in [-0.2, -0.15) is 0 Å². The molecule has 1 aliphatic heterocycles. The Balaban J connectivity index is 2.09. The number of aryl methyl sites for hydroxylation is 1. The van der Waals surface area contributed by atoms with Crippen molar-refractivity contribution in [1.82, 2.24) is 14.7 Å². The maximum absolute atomic E-state index is 12.4. The van der Waals surface area contributed by atoms with E-state index in [4.69, 9.17) is 4.74 Å². The molecule has 7 heteroatoms. The van der Waals surface area contributed by atoms with E-state index < -0.39 is 10.0 Å². The first kappa shape index (κ1) is 16.5. The number of nitrogens with zero attached hydrogens (tertiary/aromatic N) is 1. The summed E-state index contributed by atoms with van der Waals surface area (Å²) in [6.07, 6.45) is 5.27. The molecule has 0 radical (unpaired) electrons. The Bertz CT molecular complexity index is 564. The molecule has 1 aromatic rings. The van der Waals surface area contributed by atoms with Crippen molar-refractivity contribution >= 4 is 10.0 Å². The first-order valence-electron chi connectivity index (χ1n) is 7.65. The smallest absolute Gasteiger partial charge is 0.257 e. The third-order valence-electron chi connectivity index (χ3n) is 4.33. The molecule has 0 amide bonds. The molecule has 1 atom stereocenters. The van der Waals surface area contributed by atoms with Crippen molar-refractivity contribution in [1.29, 1.82) is 0 Å². The van der Waals surface area contributed by atoms with Crippen LogP contribution in [0.3, 0.4) is 0 Å². The minimum Gasteiger partial charge on any atom is -0.375 e. The van der Waals surface area contributed by atoms with Crippen molar-refractivity contribution in [3.63, 3.8) is 0 Å². The number of rotatable bonds is 6. The van der Waals surface area contributed by atoms with E-state index in [2.05, 4.69) is 28.5 Å². The second-order valence-electron chi connectivity index (χ2n) is 5.60. The first-order valence-corrected chi connectivity index (χ1v) is 9.13. The van der Waals surface area contributed by atoms with Crippen molar-refractivity contribution in [2.45, 2.75) is 69.5 Å². The number of nitrogens with one attached hydrogen (secondary N) is 2. The Labute approximate surface area is 126 Å². The van der Waals surface area contributed by atoms with Gasteiger partial charge in [0.1, 0.15) is 5.82 Å². The lowest BCUT2D eigenvalue weighted by atomic mass is 9.86. The Morgan fingerprint density at radius 2 is 2.14 bits per heavy atom. The topological polar surface area (TPSA) is 84.1 Å². The van der Waals surface area contributed by atoms with Gasteiger partial charge in [0.25, 0.3) is 10.0 Å². The van der Waals surface area contributed by atoms with E-state index in [1.54, 1.807) is 0 Å². The maximum Gasteiger partial charge on any atom is 0.257 e. The molecule has 2 rings (SSSR count). The second kappa shape index (κ2) is 6.46. The molecule has 0 spiro atoms. The Kier molecular flexibility index (Phi) is 5.06. The highest BCUT2D eigenvalue weighted by molar-refractivity contribution is 7.89. The van der Waals surface area contributed by atoms with Crippen LogP contribution in [0.1, 0.15) is 52.3 Å². The number of ether oxygens (including phenoxy) is 1. The molecule has 120 valence electrons. The summed E-state index contributed by atoms with van der Waals surface area (Å²) < 4.78 is 33.5. The van der Waals surface area contributed by atoms with Crippen LogP contribution in [0.5, 0.6) is 0 Å². The normalized spacial score (nSPS) is 22.3. The van der Waals surface area contributed by atoms with Crippen LogP contribution < -0.4 is 4.72 Å². The van der Waals surface area contributed by atoms with Gasteiger partial charge in [0, 0.05) is 19.1 Å². The number of sulfonamides is 1. The highest BCUT2D eigenvalue weighted by Crippen LogP contribution is 2.31. The Hall–Kier alpha value is -0.920. The van der Waals surface area contributed by atoms with Gasteiger partial charge < -0.3 is 9.72 Å². The summed E-state index contributed by atoms with van der Waals surface area (Å²) >= 11 is 0. The summed E-state index contributed by atoms with van der Waals surface area (Å²) in [6, 6.07) is -0.0861. The molecule has 1 aliphatic rings. The molecule has 1 aromatic heterocycles. The molecule has 6 nitrogen and oxygen atoms in total. The van der Waals surface area contributed by atoms with E-state index in [9.17, 15) is 8.42 Å². The lowest BCUT2D eigenvalue weighted by Crippen LogP contribution is -2.48. The number of hydrogen-bond donors (Lipinski definition) is 2. The predicted octanol–water partition coefficient (Wildman–Crippen LogP) is 1.99. The molecule has 0 aromatic carbocycles. The number of imidazole rings is 1. The Morgan fingerprint density at radius 3 is 2.71 bits per heavy atom. The minimum atomic E-state index is -3.54. The quantitative estimate of drug-likeness (QED) is 0.841. The van der Waals surface area contributed by atoms with Crippen LogP contribution in [0, 0.1) is 0 Å². The number of hydrogen-bond acceptors (Lipinski definition) is 4. The molecular weight excluding hydrogens is 290 g/mol. The summed E-state index contributed by atoms with van der Waals surface area (Å²) in [6.45, 7) is 6.70. The average molecular weight is 315 g/mol. The van der Waals surface area contributed by atoms with E-state index >= 15 is 0 Å². The van der Waals surface area contributed by atoms with Crippen LogP contribution in [0.2, 0.25) is 0 Å². The van der Waals surface area contributed by atoms with Gasteiger partial charge in [-0.05, 0) is 25.7 Å². The lowest BCUT2D eigenvalue weighted by molar-refractivity contribution is -0.0905. The van der Waals surface area contributed by atoms with Crippen LogP contribution in [0.4, 0.5) is 0 Å². The molecule has 1 fully saturated rings. The third kappa shape index (κ3) is 3.64. The lowest BCUT2D eigenvalue weighted by Gasteiger charge is -2.40. The monoisotopic (exact) mass is 315 g/mol. The summed E-state index contributed by atoms with van der Waals surface area (Å²) in [5.41, 5.74) is -0.200. The van der Waals surface area contributed by atoms with Crippen molar-refractivity contribution in [2.75, 3.05) is 6.61 Å². The fraction of sp³-hybridized carbons (Fsp3) is 0.786. The maximum atomic E-state index is 12.4. The molecule has 21 heavy (non-hydrogen) atoms. The highest BCUT2D eigenvalue weighted by Gasteiger charge is 2.36. The van der Waals surface area contributed by atoms with Crippen LogP contribution in [0.15, 0.2) is 11.2 Å². The molecule has 2 heterocycles. The van der Waals surface area contributed by atoms with Crippen LogP contribution >= 0.6 is 0 Å². The zero-order valence-corrected chi connectivity index (χ0v) is 13.8. The molecular formula is C14H25N3O3S. The van der Waals surface area contributed by atoms with Crippen molar-refractivity contribution in [2.24, 2.45) is 0 Å². The zero-order chi connectivity index (χ0) is 15.5. The van der Waals surface area contributed by atoms with E-state index in [0.29, 0.717) is 31.7 Å². The number of H-pyrrole nitrogens is 1. The third-order valence-corrected chi connectivity index (χ3v) is 5.76. The second-order valence-corrected chi connectivity index (χ2v) is 7.28. The van der Waals surface area contributed by atoms with Gasteiger partial charge in [-0.15, -0.1) is 0 Å². The summed E-state index contributed by atoms with van der Waals surface area (Å²) in [5, 5.41) is 0.143. The van der Waals surface area contributed by atoms with Crippen molar-refractivity contribution in [3.8, 4) is 0 Å². The summed E-state index contributed by atoms with van der Waals surface area (Å²) in [7, 11) is -3.54. The fourth-order valence-electron chi connectivity index (χ4n) is 2.81. The van der Waals surface area contributed by atoms with Gasteiger partial charge in [-0.25, -0.2) is 18.1 Å². The first-order chi connectivity index (χ1) is 9.94. The van der Waals surface area contributed by atoms with E-state index in [1.807, 2.05) is 6.92 Å². The molecule has 0 aliphatic carbocycles. The van der Waals surface area contributed by atoms with Gasteiger partial charge in [-0.3, -0.25) is 0 Å². The van der Waals surface area contributed by atoms with Crippen LogP contribution in [-0.2, 0) is 21.2 Å². The van der Waals surface area contributed by atoms with Crippen LogP contribution in [-0.4, -0.2) is 36.6 Å². The summed E-state index contributed by atoms with van der Waals surface area (Å²) in [5.74, 6) is 0.679. The van der Waals surface area contributed by atoms with Gasteiger partial charge in [0.15, 0.2) is 5.03 Å². The van der Waals surface area contributed by atoms with Crippen molar-refractivity contribution < 1.29 is 13.2 Å². The van der Waals surface area contributed by atoms with Gasteiger partial charge in [0.05, 0.1) is 11.8 Å². The van der Waals surface area contributed by atoms with Gasteiger partial charge in [-0.1, -0.05) is 20.8 Å². The average Bonchev–Trinajstić information content (AvgIpc) is 2.97. The molecule has 0 bridgehead atoms. The molecule has 1 saturated heterocycles. The van der Waals surface area contributed by atoms with Crippen molar-refractivity contribution in [3.05, 3.63) is 12.0 Å². The largest absolute Gasteiger partial charge is 0.375 e. The SMILES string of the molecule is CCc1ncc(S(=O)(=O)NC2CCOC(CC)(CC)C2)[nH]1. The minimum absolute atomic E-state index is 0.0861. The predicted molar refractivity (Wildman–Crippen MR) is 80.6 cm³/mol. The van der Waals surface area contributed by atoms with E-state index in [-0.39, 0.29) is 16.7 Å². The fourth-order valence-corrected chi connectivity index (χ4v) is 4.02. The highest BCUT2D eigenvalue weighted by atomic mass is 32.2. The number of aromatic nitrogens is 2. The summed E-state index contributed by atoms with van der Waals surface area (Å²) in [4.78, 5) is 6.90. The standard InChI is InChI=1S/C14H25N3O3S/c1-4-12-15-10-13(16-12)21(18,19)17-11-7-8-20-14(5-2,6-3)9-11/h10-11,17H,4-9H2,1-3H3,(H,15,16). The Morgan fingerprint density at radius 1 is 1.43 bits per heavy atom. The van der Waals surface area contributed by atoms with Gasteiger partial charge >= 0.3 is 0 Å². The zero-order valence-electron chi connectivity index (χ0n) is 13.0.